The second-order valence-electron chi connectivity index (χ2n) is 4.99. The molecule has 1 aromatic rings. The highest BCUT2D eigenvalue weighted by molar-refractivity contribution is 5.27. The van der Waals surface area contributed by atoms with E-state index in [1.807, 2.05) is 0 Å². The molecule has 2 fully saturated rings. The minimum atomic E-state index is -1.42. The molecule has 0 aliphatic carbocycles. The topological polar surface area (TPSA) is 29.5 Å². The SMILES string of the molecule is OC1(c2c(F)cccc2F)CC2CCC(C1)O2. The molecule has 0 aromatic heterocycles. The van der Waals surface area contributed by atoms with Crippen molar-refractivity contribution in [2.24, 2.45) is 0 Å². The van der Waals surface area contributed by atoms with E-state index >= 15 is 0 Å². The van der Waals surface area contributed by atoms with Crippen molar-refractivity contribution in [3.05, 3.63) is 35.4 Å². The van der Waals surface area contributed by atoms with Gasteiger partial charge in [0, 0.05) is 12.8 Å². The van der Waals surface area contributed by atoms with Crippen molar-refractivity contribution in [3.8, 4) is 0 Å². The first-order chi connectivity index (χ1) is 8.08. The molecule has 4 heteroatoms. The molecule has 1 N–H and O–H groups in total. The van der Waals surface area contributed by atoms with Crippen LogP contribution in [0.25, 0.3) is 0 Å². The van der Waals surface area contributed by atoms with E-state index in [0.29, 0.717) is 0 Å². The molecule has 3 rings (SSSR count). The van der Waals surface area contributed by atoms with Crippen LogP contribution in [0.5, 0.6) is 0 Å². The number of hydrogen-bond acceptors (Lipinski definition) is 2. The Morgan fingerprint density at radius 2 is 1.65 bits per heavy atom. The third-order valence-electron chi connectivity index (χ3n) is 3.75. The van der Waals surface area contributed by atoms with Crippen molar-refractivity contribution in [2.45, 2.75) is 43.5 Å². The standard InChI is InChI=1S/C13H14F2O2/c14-10-2-1-3-11(15)12(10)13(16)6-8-4-5-9(7-13)17-8/h1-3,8-9,16H,4-7H2. The summed E-state index contributed by atoms with van der Waals surface area (Å²) in [6.07, 6.45) is 2.14. The van der Waals surface area contributed by atoms with Gasteiger partial charge >= 0.3 is 0 Å². The van der Waals surface area contributed by atoms with Crippen LogP contribution >= 0.6 is 0 Å². The molecule has 2 bridgehead atoms. The van der Waals surface area contributed by atoms with Gasteiger partial charge in [0.15, 0.2) is 0 Å². The summed E-state index contributed by atoms with van der Waals surface area (Å²) < 4.78 is 33.0. The van der Waals surface area contributed by atoms with Crippen molar-refractivity contribution < 1.29 is 18.6 Å². The average molecular weight is 240 g/mol. The lowest BCUT2D eigenvalue weighted by molar-refractivity contribution is -0.118. The molecule has 1 aromatic carbocycles. The summed E-state index contributed by atoms with van der Waals surface area (Å²) in [5.41, 5.74) is -1.61. The number of hydrogen-bond donors (Lipinski definition) is 1. The molecule has 2 heterocycles. The number of ether oxygens (including phenoxy) is 1. The highest BCUT2D eigenvalue weighted by atomic mass is 19.1. The Kier molecular flexibility index (Phi) is 2.45. The van der Waals surface area contributed by atoms with E-state index in [-0.39, 0.29) is 30.6 Å². The van der Waals surface area contributed by atoms with E-state index in [1.165, 1.54) is 18.2 Å². The van der Waals surface area contributed by atoms with Crippen LogP contribution in [0.15, 0.2) is 18.2 Å². The summed E-state index contributed by atoms with van der Waals surface area (Å²) in [5, 5.41) is 10.5. The Morgan fingerprint density at radius 3 is 2.18 bits per heavy atom. The van der Waals surface area contributed by atoms with Gasteiger partial charge in [0.1, 0.15) is 17.2 Å². The molecular formula is C13H14F2O2. The molecule has 2 saturated heterocycles. The van der Waals surface area contributed by atoms with E-state index in [2.05, 4.69) is 0 Å². The minimum absolute atomic E-state index is 0.0715. The van der Waals surface area contributed by atoms with Gasteiger partial charge in [0.2, 0.25) is 0 Å². The molecule has 2 unspecified atom stereocenters. The van der Waals surface area contributed by atoms with E-state index < -0.39 is 17.2 Å². The monoisotopic (exact) mass is 240 g/mol. The quantitative estimate of drug-likeness (QED) is 0.817. The first kappa shape index (κ1) is 11.1. The highest BCUT2D eigenvalue weighted by Gasteiger charge is 2.47. The van der Waals surface area contributed by atoms with Crippen LogP contribution < -0.4 is 0 Å². The van der Waals surface area contributed by atoms with Gasteiger partial charge in [-0.15, -0.1) is 0 Å². The summed E-state index contributed by atoms with van der Waals surface area (Å²) in [6.45, 7) is 0. The second kappa shape index (κ2) is 3.75. The van der Waals surface area contributed by atoms with Crippen molar-refractivity contribution in [3.63, 3.8) is 0 Å². The van der Waals surface area contributed by atoms with Crippen molar-refractivity contribution in [2.75, 3.05) is 0 Å². The van der Waals surface area contributed by atoms with E-state index in [9.17, 15) is 13.9 Å². The van der Waals surface area contributed by atoms with Crippen LogP contribution in [-0.4, -0.2) is 17.3 Å². The maximum absolute atomic E-state index is 13.7. The molecule has 92 valence electrons. The summed E-state index contributed by atoms with van der Waals surface area (Å²) in [7, 11) is 0. The lowest BCUT2D eigenvalue weighted by atomic mass is 9.83. The molecule has 0 spiro atoms. The Balaban J connectivity index is 2.02. The molecule has 17 heavy (non-hydrogen) atoms. The second-order valence-corrected chi connectivity index (χ2v) is 4.99. The first-order valence-electron chi connectivity index (χ1n) is 5.91. The fraction of sp³-hybridized carbons (Fsp3) is 0.538. The van der Waals surface area contributed by atoms with Crippen LogP contribution in [0.3, 0.4) is 0 Å². The van der Waals surface area contributed by atoms with Crippen molar-refractivity contribution in [1.82, 2.24) is 0 Å². The lowest BCUT2D eigenvalue weighted by Gasteiger charge is -2.37. The van der Waals surface area contributed by atoms with Crippen LogP contribution in [0, 0.1) is 11.6 Å². The molecular weight excluding hydrogens is 226 g/mol. The molecule has 2 nitrogen and oxygen atoms in total. The van der Waals surface area contributed by atoms with E-state index in [1.54, 1.807) is 0 Å². The zero-order chi connectivity index (χ0) is 12.0. The van der Waals surface area contributed by atoms with E-state index in [4.69, 9.17) is 4.74 Å². The minimum Gasteiger partial charge on any atom is -0.385 e. The Bertz CT molecular complexity index is 415. The van der Waals surface area contributed by atoms with Gasteiger partial charge in [-0.1, -0.05) is 6.07 Å². The Morgan fingerprint density at radius 1 is 1.12 bits per heavy atom. The Labute approximate surface area is 98.2 Å². The lowest BCUT2D eigenvalue weighted by Crippen LogP contribution is -2.40. The average Bonchev–Trinajstić information content (AvgIpc) is 2.58. The summed E-state index contributed by atoms with van der Waals surface area (Å²) in [6, 6.07) is 3.69. The Hall–Kier alpha value is -1.00. The molecule has 0 amide bonds. The van der Waals surface area contributed by atoms with Crippen LogP contribution in [0.4, 0.5) is 8.78 Å². The highest BCUT2D eigenvalue weighted by Crippen LogP contribution is 2.45. The number of fused-ring (bicyclic) bond motifs is 2. The maximum atomic E-state index is 13.7. The summed E-state index contributed by atoms with van der Waals surface area (Å²) in [5.74, 6) is -1.34. The normalized spacial score (nSPS) is 36.2. The summed E-state index contributed by atoms with van der Waals surface area (Å²) >= 11 is 0. The fourth-order valence-corrected chi connectivity index (χ4v) is 3.06. The third-order valence-corrected chi connectivity index (χ3v) is 3.75. The first-order valence-corrected chi connectivity index (χ1v) is 5.91. The molecule has 2 atom stereocenters. The largest absolute Gasteiger partial charge is 0.385 e. The van der Waals surface area contributed by atoms with Crippen LogP contribution in [-0.2, 0) is 10.3 Å². The van der Waals surface area contributed by atoms with Crippen molar-refractivity contribution in [1.29, 1.82) is 0 Å². The predicted octanol–water partition coefficient (Wildman–Crippen LogP) is 2.49. The van der Waals surface area contributed by atoms with Gasteiger partial charge in [0.05, 0.1) is 17.8 Å². The smallest absolute Gasteiger partial charge is 0.132 e. The molecule has 0 radical (unpaired) electrons. The zero-order valence-corrected chi connectivity index (χ0v) is 9.33. The number of benzene rings is 1. The predicted molar refractivity (Wildman–Crippen MR) is 57.4 cm³/mol. The van der Waals surface area contributed by atoms with Crippen molar-refractivity contribution >= 4 is 0 Å². The maximum Gasteiger partial charge on any atom is 0.132 e. The molecule has 2 aliphatic rings. The third kappa shape index (κ3) is 1.76. The molecule has 0 saturated carbocycles. The number of halogens is 2. The fourth-order valence-electron chi connectivity index (χ4n) is 3.06. The zero-order valence-electron chi connectivity index (χ0n) is 9.33. The van der Waals surface area contributed by atoms with Crippen LogP contribution in [0.1, 0.15) is 31.2 Å². The van der Waals surface area contributed by atoms with Gasteiger partial charge in [-0.25, -0.2) is 8.78 Å². The summed E-state index contributed by atoms with van der Waals surface area (Å²) in [4.78, 5) is 0. The van der Waals surface area contributed by atoms with Crippen LogP contribution in [0.2, 0.25) is 0 Å². The van der Waals surface area contributed by atoms with E-state index in [0.717, 1.165) is 12.8 Å². The van der Waals surface area contributed by atoms with Gasteiger partial charge < -0.3 is 9.84 Å². The number of aliphatic hydroxyl groups is 1. The molecule has 2 aliphatic heterocycles. The van der Waals surface area contributed by atoms with Gasteiger partial charge in [-0.05, 0) is 25.0 Å². The number of rotatable bonds is 1. The van der Waals surface area contributed by atoms with Gasteiger partial charge in [-0.3, -0.25) is 0 Å². The van der Waals surface area contributed by atoms with Gasteiger partial charge in [-0.2, -0.15) is 0 Å². The van der Waals surface area contributed by atoms with Gasteiger partial charge in [0.25, 0.3) is 0 Å².